The van der Waals surface area contributed by atoms with Gasteiger partial charge in [-0.15, -0.1) is 0 Å². The number of nitrogens with zero attached hydrogens (tertiary/aromatic N) is 2. The van der Waals surface area contributed by atoms with E-state index in [2.05, 4.69) is 31.8 Å². The summed E-state index contributed by atoms with van der Waals surface area (Å²) >= 11 is 9.47. The van der Waals surface area contributed by atoms with Crippen LogP contribution in [-0.2, 0) is 0 Å². The molecule has 19 heavy (non-hydrogen) atoms. The van der Waals surface area contributed by atoms with E-state index < -0.39 is 5.54 Å². The number of nitrogens with one attached hydrogen (secondary N) is 2. The molecule has 0 saturated carbocycles. The number of halogens is 3. The summed E-state index contributed by atoms with van der Waals surface area (Å²) in [5.41, 5.74) is 4.04. The highest BCUT2D eigenvalue weighted by atomic mass is 79.9. The number of amidine groups is 1. The zero-order valence-corrected chi connectivity index (χ0v) is 13.0. The molecule has 2 aliphatic heterocycles. The fourth-order valence-electron chi connectivity index (χ4n) is 2.50. The van der Waals surface area contributed by atoms with Crippen LogP contribution < -0.4 is 15.6 Å². The minimum Gasteiger partial charge on any atom is -0.371 e. The molecule has 7 heteroatoms. The molecule has 0 spiro atoms. The summed E-state index contributed by atoms with van der Waals surface area (Å²) in [6.45, 7) is 5.97. The Balaban J connectivity index is 2.28. The van der Waals surface area contributed by atoms with Crippen LogP contribution in [0.3, 0.4) is 0 Å². The normalized spacial score (nSPS) is 23.2. The molecule has 2 heterocycles. The number of rotatable bonds is 0. The molecule has 0 amide bonds. The molecule has 0 aliphatic carbocycles. The molecule has 1 aromatic rings. The Bertz CT molecular complexity index is 602. The van der Waals surface area contributed by atoms with E-state index in [1.165, 1.54) is 6.07 Å². The Labute approximate surface area is 124 Å². The molecule has 1 aromatic carbocycles. The van der Waals surface area contributed by atoms with Gasteiger partial charge in [0.15, 0.2) is 5.84 Å². The van der Waals surface area contributed by atoms with Crippen molar-refractivity contribution in [2.24, 2.45) is 5.10 Å². The number of anilines is 2. The number of benzene rings is 1. The molecule has 0 bridgehead atoms. The Morgan fingerprint density at radius 1 is 1.53 bits per heavy atom. The van der Waals surface area contributed by atoms with Crippen LogP contribution in [-0.4, -0.2) is 17.5 Å². The van der Waals surface area contributed by atoms with Gasteiger partial charge in [-0.25, -0.2) is 4.39 Å². The molecule has 3 rings (SSSR count). The highest BCUT2D eigenvalue weighted by Gasteiger charge is 2.43. The molecule has 2 N–H and O–H groups in total. The summed E-state index contributed by atoms with van der Waals surface area (Å²) < 4.78 is 14.1. The van der Waals surface area contributed by atoms with Gasteiger partial charge in [0.25, 0.3) is 0 Å². The molecule has 1 atom stereocenters. The van der Waals surface area contributed by atoms with Crippen LogP contribution >= 0.6 is 27.5 Å². The predicted octanol–water partition coefficient (Wildman–Crippen LogP) is 3.51. The van der Waals surface area contributed by atoms with Crippen molar-refractivity contribution < 1.29 is 4.39 Å². The van der Waals surface area contributed by atoms with Gasteiger partial charge in [-0.1, -0.05) is 11.6 Å². The number of fused-ring (bicyclic) bond motifs is 3. The van der Waals surface area contributed by atoms with Crippen LogP contribution in [0.4, 0.5) is 15.8 Å². The second-order valence-corrected chi connectivity index (χ2v) is 6.41. The third kappa shape index (κ3) is 1.73. The molecule has 4 nitrogen and oxygen atoms in total. The summed E-state index contributed by atoms with van der Waals surface area (Å²) in [5.74, 6) is 0.458. The maximum Gasteiger partial charge on any atom is 0.156 e. The van der Waals surface area contributed by atoms with Gasteiger partial charge in [-0.3, -0.25) is 5.43 Å². The lowest BCUT2D eigenvalue weighted by Gasteiger charge is -2.41. The molecule has 102 valence electrons. The van der Waals surface area contributed by atoms with E-state index in [9.17, 15) is 4.39 Å². The van der Waals surface area contributed by atoms with Crippen molar-refractivity contribution in [1.82, 2.24) is 5.43 Å². The Kier molecular flexibility index (Phi) is 2.73. The Morgan fingerprint density at radius 2 is 2.21 bits per heavy atom. The van der Waals surface area contributed by atoms with Crippen molar-refractivity contribution >= 4 is 44.7 Å². The van der Waals surface area contributed by atoms with Gasteiger partial charge in [-0.05, 0) is 36.7 Å². The van der Waals surface area contributed by atoms with Crippen molar-refractivity contribution in [1.29, 1.82) is 0 Å². The van der Waals surface area contributed by atoms with E-state index in [-0.39, 0.29) is 16.5 Å². The Hall–Kier alpha value is -1.01. The first-order valence-electron chi connectivity index (χ1n) is 5.91. The van der Waals surface area contributed by atoms with E-state index in [4.69, 9.17) is 11.6 Å². The standard InChI is InChI=1S/C12H13BrClFN4/c1-5-17-18-11-12(2,3)16-7-4-6(15)8(13)9(14)10(7)19(5)11/h4-5,16-17H,1-3H3. The zero-order chi connectivity index (χ0) is 13.9. The summed E-state index contributed by atoms with van der Waals surface area (Å²) in [6, 6.07) is 1.45. The van der Waals surface area contributed by atoms with Crippen LogP contribution in [0.1, 0.15) is 20.8 Å². The van der Waals surface area contributed by atoms with Gasteiger partial charge in [-0.2, -0.15) is 5.10 Å². The first-order chi connectivity index (χ1) is 8.83. The van der Waals surface area contributed by atoms with Crippen LogP contribution in [0, 0.1) is 5.82 Å². The van der Waals surface area contributed by atoms with Gasteiger partial charge in [0, 0.05) is 6.07 Å². The molecule has 0 aromatic heterocycles. The molecule has 0 fully saturated rings. The van der Waals surface area contributed by atoms with Gasteiger partial charge in [0.1, 0.15) is 12.0 Å². The minimum absolute atomic E-state index is 0.0232. The molecular weight excluding hydrogens is 335 g/mol. The van der Waals surface area contributed by atoms with E-state index in [1.807, 2.05) is 25.7 Å². The Morgan fingerprint density at radius 3 is 2.89 bits per heavy atom. The van der Waals surface area contributed by atoms with Gasteiger partial charge in [0.2, 0.25) is 0 Å². The first kappa shape index (κ1) is 13.0. The predicted molar refractivity (Wildman–Crippen MR) is 79.3 cm³/mol. The maximum absolute atomic E-state index is 13.8. The van der Waals surface area contributed by atoms with Gasteiger partial charge >= 0.3 is 0 Å². The lowest BCUT2D eigenvalue weighted by atomic mass is 9.97. The SMILES string of the molecule is CC1NN=C2N1c1c(cc(F)c(Br)c1Cl)NC2(C)C. The summed E-state index contributed by atoms with van der Waals surface area (Å²) in [6.07, 6.45) is -0.0232. The number of hydrogen-bond acceptors (Lipinski definition) is 4. The monoisotopic (exact) mass is 346 g/mol. The zero-order valence-electron chi connectivity index (χ0n) is 10.7. The van der Waals surface area contributed by atoms with Crippen molar-refractivity contribution in [3.8, 4) is 0 Å². The van der Waals surface area contributed by atoms with E-state index in [0.717, 1.165) is 11.5 Å². The third-order valence-electron chi connectivity index (χ3n) is 3.36. The summed E-state index contributed by atoms with van der Waals surface area (Å²) in [4.78, 5) is 2.00. The summed E-state index contributed by atoms with van der Waals surface area (Å²) in [5, 5.41) is 7.97. The fraction of sp³-hybridized carbons (Fsp3) is 0.417. The molecule has 2 aliphatic rings. The van der Waals surface area contributed by atoms with Crippen molar-refractivity contribution in [2.45, 2.75) is 32.5 Å². The van der Waals surface area contributed by atoms with Crippen molar-refractivity contribution in [2.75, 3.05) is 10.2 Å². The minimum atomic E-state index is -0.394. The van der Waals surface area contributed by atoms with E-state index in [0.29, 0.717) is 10.7 Å². The van der Waals surface area contributed by atoms with Crippen LogP contribution in [0.15, 0.2) is 15.6 Å². The average Bonchev–Trinajstić information content (AvgIpc) is 2.69. The van der Waals surface area contributed by atoms with Crippen LogP contribution in [0.5, 0.6) is 0 Å². The fourth-order valence-corrected chi connectivity index (χ4v) is 3.08. The lowest BCUT2D eigenvalue weighted by molar-refractivity contribution is 0.612. The van der Waals surface area contributed by atoms with E-state index >= 15 is 0 Å². The third-order valence-corrected chi connectivity index (χ3v) is 4.73. The lowest BCUT2D eigenvalue weighted by Crippen LogP contribution is -2.54. The van der Waals surface area contributed by atoms with Crippen molar-refractivity contribution in [3.63, 3.8) is 0 Å². The molecule has 0 radical (unpaired) electrons. The van der Waals surface area contributed by atoms with E-state index in [1.54, 1.807) is 0 Å². The van der Waals surface area contributed by atoms with Gasteiger partial charge in [0.05, 0.1) is 26.4 Å². The smallest absolute Gasteiger partial charge is 0.156 e. The summed E-state index contributed by atoms with van der Waals surface area (Å²) in [7, 11) is 0. The highest BCUT2D eigenvalue weighted by molar-refractivity contribution is 9.10. The second-order valence-electron chi connectivity index (χ2n) is 5.24. The van der Waals surface area contributed by atoms with Crippen LogP contribution in [0.2, 0.25) is 5.02 Å². The maximum atomic E-state index is 13.8. The molecule has 0 saturated heterocycles. The average molecular weight is 348 g/mol. The number of hydrogen-bond donors (Lipinski definition) is 2. The first-order valence-corrected chi connectivity index (χ1v) is 7.08. The largest absolute Gasteiger partial charge is 0.371 e. The second kappa shape index (κ2) is 3.99. The number of hydrazone groups is 1. The molecule has 1 unspecified atom stereocenters. The van der Waals surface area contributed by atoms with Crippen molar-refractivity contribution in [3.05, 3.63) is 21.4 Å². The molecular formula is C12H13BrClFN4. The topological polar surface area (TPSA) is 39.7 Å². The van der Waals surface area contributed by atoms with Gasteiger partial charge < -0.3 is 10.2 Å². The van der Waals surface area contributed by atoms with Crippen LogP contribution in [0.25, 0.3) is 0 Å². The highest BCUT2D eigenvalue weighted by Crippen LogP contribution is 2.46. The quantitative estimate of drug-likeness (QED) is 0.706.